The average Bonchev–Trinajstić information content (AvgIpc) is 2.94. The number of carbonyl (C=O) groups is 1. The van der Waals surface area contributed by atoms with Crippen molar-refractivity contribution in [3.63, 3.8) is 0 Å². The summed E-state index contributed by atoms with van der Waals surface area (Å²) >= 11 is 1.25. The van der Waals surface area contributed by atoms with Crippen molar-refractivity contribution in [3.8, 4) is 5.88 Å². The topological polar surface area (TPSA) is 61.3 Å². The third-order valence-corrected chi connectivity index (χ3v) is 4.06. The van der Waals surface area contributed by atoms with E-state index in [1.54, 1.807) is 6.08 Å². The van der Waals surface area contributed by atoms with E-state index in [1.807, 2.05) is 45.9 Å². The van der Waals surface area contributed by atoms with Gasteiger partial charge in [0.1, 0.15) is 21.8 Å². The molecule has 0 radical (unpaired) electrons. The van der Waals surface area contributed by atoms with Crippen molar-refractivity contribution in [2.75, 3.05) is 7.11 Å². The molecule has 0 aliphatic rings. The number of allylic oxidation sites excluding steroid dienone is 4. The SMILES string of the molecule is C=C(/C=C\C=C/C)Oc1ncnc2sc(C(=O)OC)c(C)c12.CC. The highest BCUT2D eigenvalue weighted by Gasteiger charge is 2.20. The summed E-state index contributed by atoms with van der Waals surface area (Å²) in [4.78, 5) is 21.3. The molecule has 6 heteroatoms. The lowest BCUT2D eigenvalue weighted by atomic mass is 10.2. The molecule has 0 amide bonds. The second-order valence-electron chi connectivity index (χ2n) is 4.36. The molecule has 0 aromatic carbocycles. The third-order valence-electron chi connectivity index (χ3n) is 2.88. The molecule has 0 saturated heterocycles. The van der Waals surface area contributed by atoms with E-state index in [4.69, 9.17) is 9.47 Å². The predicted octanol–water partition coefficient (Wildman–Crippen LogP) is 4.84. The van der Waals surface area contributed by atoms with Crippen LogP contribution in [0.15, 0.2) is 43.0 Å². The number of carbonyl (C=O) groups excluding carboxylic acids is 1. The Balaban J connectivity index is 0.00000139. The monoisotopic (exact) mass is 346 g/mol. The fraction of sp³-hybridized carbons (Fsp3) is 0.278. The summed E-state index contributed by atoms with van der Waals surface area (Å²) in [6, 6.07) is 0. The van der Waals surface area contributed by atoms with Crippen molar-refractivity contribution in [1.29, 1.82) is 0 Å². The molecule has 5 nitrogen and oxygen atoms in total. The number of nitrogens with zero attached hydrogens (tertiary/aromatic N) is 2. The fourth-order valence-corrected chi connectivity index (χ4v) is 2.89. The van der Waals surface area contributed by atoms with Gasteiger partial charge in [-0.1, -0.05) is 38.7 Å². The van der Waals surface area contributed by atoms with E-state index in [0.29, 0.717) is 26.7 Å². The molecule has 128 valence electrons. The molecule has 0 N–H and O–H groups in total. The second-order valence-corrected chi connectivity index (χ2v) is 5.36. The molecule has 0 fully saturated rings. The van der Waals surface area contributed by atoms with Gasteiger partial charge in [-0.2, -0.15) is 0 Å². The van der Waals surface area contributed by atoms with Crippen LogP contribution in [0.2, 0.25) is 0 Å². The minimum Gasteiger partial charge on any atom is -0.465 e. The number of fused-ring (bicyclic) bond motifs is 1. The maximum Gasteiger partial charge on any atom is 0.348 e. The molecular weight excluding hydrogens is 324 g/mol. The van der Waals surface area contributed by atoms with E-state index in [1.165, 1.54) is 24.8 Å². The summed E-state index contributed by atoms with van der Waals surface area (Å²) in [7, 11) is 1.35. The highest BCUT2D eigenvalue weighted by atomic mass is 32.1. The number of hydrogen-bond donors (Lipinski definition) is 0. The zero-order chi connectivity index (χ0) is 18.1. The van der Waals surface area contributed by atoms with Gasteiger partial charge in [0.05, 0.1) is 12.5 Å². The Morgan fingerprint density at radius 3 is 2.62 bits per heavy atom. The summed E-state index contributed by atoms with van der Waals surface area (Å²) in [5.41, 5.74) is 0.743. The smallest absolute Gasteiger partial charge is 0.348 e. The molecule has 24 heavy (non-hydrogen) atoms. The summed E-state index contributed by atoms with van der Waals surface area (Å²) < 4.78 is 10.4. The first-order valence-electron chi connectivity index (χ1n) is 7.57. The van der Waals surface area contributed by atoms with Crippen LogP contribution in [-0.4, -0.2) is 23.0 Å². The van der Waals surface area contributed by atoms with Crippen molar-refractivity contribution >= 4 is 27.5 Å². The van der Waals surface area contributed by atoms with Gasteiger partial charge in [-0.15, -0.1) is 11.3 Å². The maximum atomic E-state index is 11.8. The predicted molar refractivity (Wildman–Crippen MR) is 98.6 cm³/mol. The number of thiophene rings is 1. The number of aromatic nitrogens is 2. The minimum atomic E-state index is -0.391. The highest BCUT2D eigenvalue weighted by molar-refractivity contribution is 7.20. The molecule has 0 bridgehead atoms. The van der Waals surface area contributed by atoms with Gasteiger partial charge < -0.3 is 9.47 Å². The van der Waals surface area contributed by atoms with Crippen LogP contribution in [0.1, 0.15) is 36.0 Å². The molecule has 0 atom stereocenters. The molecule has 2 aromatic heterocycles. The number of rotatable bonds is 5. The quantitative estimate of drug-likeness (QED) is 0.440. The molecule has 2 rings (SSSR count). The van der Waals surface area contributed by atoms with Crippen LogP contribution in [-0.2, 0) is 4.74 Å². The summed E-state index contributed by atoms with van der Waals surface area (Å²) in [6.07, 6.45) is 8.73. The van der Waals surface area contributed by atoms with Crippen LogP contribution in [0.3, 0.4) is 0 Å². The lowest BCUT2D eigenvalue weighted by molar-refractivity contribution is 0.0605. The van der Waals surface area contributed by atoms with Crippen molar-refractivity contribution in [2.24, 2.45) is 0 Å². The van der Waals surface area contributed by atoms with Crippen molar-refractivity contribution < 1.29 is 14.3 Å². The van der Waals surface area contributed by atoms with Crippen molar-refractivity contribution in [3.05, 3.63) is 53.4 Å². The van der Waals surface area contributed by atoms with E-state index in [9.17, 15) is 4.79 Å². The lowest BCUT2D eigenvalue weighted by Crippen LogP contribution is -2.00. The van der Waals surface area contributed by atoms with Crippen LogP contribution < -0.4 is 4.74 Å². The summed E-state index contributed by atoms with van der Waals surface area (Å²) in [6.45, 7) is 11.6. The zero-order valence-electron chi connectivity index (χ0n) is 14.6. The first-order chi connectivity index (χ1) is 11.6. The van der Waals surface area contributed by atoms with E-state index in [-0.39, 0.29) is 0 Å². The van der Waals surface area contributed by atoms with Crippen LogP contribution in [0.5, 0.6) is 5.88 Å². The average molecular weight is 346 g/mol. The Morgan fingerprint density at radius 1 is 1.29 bits per heavy atom. The van der Waals surface area contributed by atoms with E-state index in [2.05, 4.69) is 16.5 Å². The molecule has 2 aromatic rings. The largest absolute Gasteiger partial charge is 0.465 e. The van der Waals surface area contributed by atoms with Crippen LogP contribution in [0.25, 0.3) is 10.2 Å². The number of ether oxygens (including phenoxy) is 2. The standard InChI is InChI=1S/C16H16N2O3S.C2H6/c1-5-6-7-8-10(2)21-14-12-11(3)13(16(19)20-4)22-15(12)18-9-17-14;1-2/h5-9H,2H2,1,3-4H3;1-2H3/b6-5-,8-7-;. The Hall–Kier alpha value is -2.47. The normalized spacial score (nSPS) is 10.7. The van der Waals surface area contributed by atoms with E-state index >= 15 is 0 Å². The first-order valence-corrected chi connectivity index (χ1v) is 8.38. The van der Waals surface area contributed by atoms with E-state index in [0.717, 1.165) is 5.56 Å². The molecular formula is C18H22N2O3S. The van der Waals surface area contributed by atoms with Gasteiger partial charge in [0.2, 0.25) is 5.88 Å². The number of esters is 1. The maximum absolute atomic E-state index is 11.8. The third kappa shape index (κ3) is 4.52. The number of aryl methyl sites for hydroxylation is 1. The Labute approximate surface area is 146 Å². The molecule has 0 aliphatic carbocycles. The van der Waals surface area contributed by atoms with Gasteiger partial charge in [0.15, 0.2) is 0 Å². The van der Waals surface area contributed by atoms with Gasteiger partial charge >= 0.3 is 5.97 Å². The van der Waals surface area contributed by atoms with Gasteiger partial charge in [-0.3, -0.25) is 0 Å². The highest BCUT2D eigenvalue weighted by Crippen LogP contribution is 2.35. The molecule has 0 aliphatic heterocycles. The van der Waals surface area contributed by atoms with E-state index < -0.39 is 5.97 Å². The summed E-state index contributed by atoms with van der Waals surface area (Å²) in [5, 5.41) is 0.702. The zero-order valence-corrected chi connectivity index (χ0v) is 15.4. The molecule has 2 heterocycles. The van der Waals surface area contributed by atoms with Crippen molar-refractivity contribution in [2.45, 2.75) is 27.7 Å². The number of methoxy groups -OCH3 is 1. The molecule has 0 unspecified atom stereocenters. The Kier molecular flexibility index (Phi) is 7.85. The summed E-state index contributed by atoms with van der Waals surface area (Å²) in [5.74, 6) is 0.436. The molecule has 0 saturated carbocycles. The van der Waals surface area contributed by atoms with Crippen LogP contribution in [0.4, 0.5) is 0 Å². The van der Waals surface area contributed by atoms with Crippen molar-refractivity contribution in [1.82, 2.24) is 9.97 Å². The first kappa shape index (κ1) is 19.6. The lowest BCUT2D eigenvalue weighted by Gasteiger charge is -2.05. The molecule has 0 spiro atoms. The second kappa shape index (κ2) is 9.62. The van der Waals surface area contributed by atoms with Crippen LogP contribution in [0, 0.1) is 6.92 Å². The Bertz CT molecular complexity index is 776. The van der Waals surface area contributed by atoms with Gasteiger partial charge in [0, 0.05) is 0 Å². The Morgan fingerprint density at radius 2 is 2.00 bits per heavy atom. The van der Waals surface area contributed by atoms with Gasteiger partial charge in [-0.05, 0) is 25.5 Å². The van der Waals surface area contributed by atoms with Crippen LogP contribution >= 0.6 is 11.3 Å². The van der Waals surface area contributed by atoms with Gasteiger partial charge in [-0.25, -0.2) is 14.8 Å². The minimum absolute atomic E-state index is 0.379. The fourth-order valence-electron chi connectivity index (χ4n) is 1.84. The number of hydrogen-bond acceptors (Lipinski definition) is 6. The van der Waals surface area contributed by atoms with Gasteiger partial charge in [0.25, 0.3) is 0 Å².